The predicted molar refractivity (Wildman–Crippen MR) is 86.7 cm³/mol. The summed E-state index contributed by atoms with van der Waals surface area (Å²) in [5, 5.41) is 0. The van der Waals surface area contributed by atoms with Crippen LogP contribution in [0.1, 0.15) is 58.8 Å². The first-order chi connectivity index (χ1) is 10.6. The topological polar surface area (TPSA) is 22.9 Å². The van der Waals surface area contributed by atoms with E-state index in [1.807, 2.05) is 0 Å². The Morgan fingerprint density at radius 2 is 1.91 bits per heavy atom. The van der Waals surface area contributed by atoms with Crippen LogP contribution in [0.25, 0.3) is 0 Å². The lowest BCUT2D eigenvalue weighted by atomic mass is 9.67. The average molecular weight is 308 g/mol. The maximum Gasteiger partial charge on any atom is 0.158 e. The van der Waals surface area contributed by atoms with Crippen LogP contribution in [0.4, 0.5) is 0 Å². The van der Waals surface area contributed by atoms with E-state index in [2.05, 4.69) is 13.8 Å². The van der Waals surface area contributed by atoms with Gasteiger partial charge in [0.2, 0.25) is 0 Å². The van der Waals surface area contributed by atoms with Crippen LogP contribution in [-0.2, 0) is 9.47 Å². The Labute approximate surface area is 135 Å². The van der Waals surface area contributed by atoms with Gasteiger partial charge in [-0.2, -0.15) is 0 Å². The van der Waals surface area contributed by atoms with Gasteiger partial charge >= 0.3 is 0 Å². The van der Waals surface area contributed by atoms with Crippen molar-refractivity contribution in [3.05, 3.63) is 0 Å². The van der Waals surface area contributed by atoms with Crippen LogP contribution in [0.2, 0.25) is 0 Å². The summed E-state index contributed by atoms with van der Waals surface area (Å²) < 4.78 is 12.3. The molecule has 0 spiro atoms. The van der Waals surface area contributed by atoms with Crippen molar-refractivity contribution in [3.8, 4) is 0 Å². The van der Waals surface area contributed by atoms with Gasteiger partial charge in [0.1, 0.15) is 12.6 Å². The monoisotopic (exact) mass is 308 g/mol. The third-order valence-electron chi connectivity index (χ3n) is 7.39. The van der Waals surface area contributed by atoms with E-state index in [1.165, 1.54) is 51.6 Å². The van der Waals surface area contributed by atoms with Gasteiger partial charge in [0.05, 0.1) is 19.7 Å². The molecule has 2 heterocycles. The van der Waals surface area contributed by atoms with Gasteiger partial charge in [0.15, 0.2) is 6.29 Å². The van der Waals surface area contributed by atoms with E-state index in [1.54, 1.807) is 4.90 Å². The first-order valence-corrected chi connectivity index (χ1v) is 9.73. The molecule has 3 nitrogen and oxygen atoms in total. The highest BCUT2D eigenvalue weighted by Crippen LogP contribution is 2.60. The van der Waals surface area contributed by atoms with E-state index in [9.17, 15) is 0 Å². The fourth-order valence-electron chi connectivity index (χ4n) is 5.99. The van der Waals surface area contributed by atoms with Crippen molar-refractivity contribution in [2.75, 3.05) is 26.2 Å². The molecule has 22 heavy (non-hydrogen) atoms. The van der Waals surface area contributed by atoms with E-state index in [0.717, 1.165) is 37.3 Å². The number of quaternary nitrogens is 1. The molecular formula is C19H34NO2+. The number of nitrogens with one attached hydrogen (secondary N) is 1. The molecule has 0 aromatic rings. The fourth-order valence-corrected chi connectivity index (χ4v) is 5.99. The van der Waals surface area contributed by atoms with Crippen molar-refractivity contribution in [2.45, 2.75) is 71.2 Å². The highest BCUT2D eigenvalue weighted by Gasteiger charge is 2.53. The number of rotatable bonds is 4. The van der Waals surface area contributed by atoms with Crippen molar-refractivity contribution >= 4 is 0 Å². The third kappa shape index (κ3) is 2.85. The lowest BCUT2D eigenvalue weighted by molar-refractivity contribution is -0.907. The summed E-state index contributed by atoms with van der Waals surface area (Å²) in [6, 6.07) is 0. The lowest BCUT2D eigenvalue weighted by Crippen LogP contribution is -3.13. The van der Waals surface area contributed by atoms with Crippen LogP contribution >= 0.6 is 0 Å². The Bertz CT molecular complexity index is 391. The number of hydrogen-bond acceptors (Lipinski definition) is 2. The smallest absolute Gasteiger partial charge is 0.158 e. The SMILES string of the molecule is CC1(C)[C@H]2CC[C@H](C2)[C@H]1C[C@H]1OC[C@H](C[NH+]2CCCCC2)O1. The summed E-state index contributed by atoms with van der Waals surface area (Å²) in [4.78, 5) is 1.74. The molecule has 0 aromatic heterocycles. The normalized spacial score (nSPS) is 44.7. The molecule has 2 bridgehead atoms. The Hall–Kier alpha value is -0.120. The van der Waals surface area contributed by atoms with E-state index in [0.29, 0.717) is 11.5 Å². The number of likely N-dealkylation sites (tertiary alicyclic amines) is 1. The van der Waals surface area contributed by atoms with Crippen LogP contribution in [0.15, 0.2) is 0 Å². The molecule has 4 aliphatic rings. The van der Waals surface area contributed by atoms with E-state index in [-0.39, 0.29) is 6.29 Å². The molecule has 2 aliphatic carbocycles. The minimum Gasteiger partial charge on any atom is -0.350 e. The number of piperidine rings is 1. The maximum atomic E-state index is 6.28. The molecule has 0 unspecified atom stereocenters. The fraction of sp³-hybridized carbons (Fsp3) is 1.00. The first-order valence-electron chi connectivity index (χ1n) is 9.73. The molecule has 5 atom stereocenters. The van der Waals surface area contributed by atoms with Crippen molar-refractivity contribution in [1.82, 2.24) is 0 Å². The summed E-state index contributed by atoms with van der Waals surface area (Å²) in [6.45, 7) is 9.65. The number of hydrogen-bond donors (Lipinski definition) is 1. The zero-order chi connectivity index (χ0) is 15.2. The highest BCUT2D eigenvalue weighted by atomic mass is 16.7. The number of ether oxygens (including phenoxy) is 2. The molecule has 1 N–H and O–H groups in total. The van der Waals surface area contributed by atoms with Gasteiger partial charge in [-0.05, 0) is 61.7 Å². The zero-order valence-corrected chi connectivity index (χ0v) is 14.5. The van der Waals surface area contributed by atoms with Gasteiger partial charge in [-0.1, -0.05) is 13.8 Å². The molecule has 2 aliphatic heterocycles. The quantitative estimate of drug-likeness (QED) is 0.861. The second-order valence-electron chi connectivity index (χ2n) is 8.97. The van der Waals surface area contributed by atoms with Gasteiger partial charge < -0.3 is 14.4 Å². The molecule has 4 rings (SSSR count). The van der Waals surface area contributed by atoms with Gasteiger partial charge in [-0.3, -0.25) is 0 Å². The molecular weight excluding hydrogens is 274 g/mol. The summed E-state index contributed by atoms with van der Waals surface area (Å²) in [7, 11) is 0. The minimum atomic E-state index is 0.0813. The largest absolute Gasteiger partial charge is 0.350 e. The number of fused-ring (bicyclic) bond motifs is 2. The van der Waals surface area contributed by atoms with E-state index in [4.69, 9.17) is 9.47 Å². The molecule has 0 aromatic carbocycles. The standard InChI is InChI=1S/C19H33NO2/c1-19(2)15-7-6-14(10-15)17(19)11-18-21-13-16(22-18)12-20-8-4-3-5-9-20/h14-18H,3-13H2,1-2H3/p+1/t14-,15+,16+,17-,18+/m1/s1. The Morgan fingerprint density at radius 1 is 1.09 bits per heavy atom. The summed E-state index contributed by atoms with van der Waals surface area (Å²) in [5.41, 5.74) is 0.506. The highest BCUT2D eigenvalue weighted by molar-refractivity contribution is 5.01. The van der Waals surface area contributed by atoms with Crippen LogP contribution in [0.5, 0.6) is 0 Å². The molecule has 0 amide bonds. The molecule has 2 saturated heterocycles. The van der Waals surface area contributed by atoms with Gasteiger partial charge in [0.25, 0.3) is 0 Å². The Morgan fingerprint density at radius 3 is 2.64 bits per heavy atom. The summed E-state index contributed by atoms with van der Waals surface area (Å²) >= 11 is 0. The first kappa shape index (κ1) is 15.4. The van der Waals surface area contributed by atoms with Gasteiger partial charge in [0, 0.05) is 6.42 Å². The lowest BCUT2D eigenvalue weighted by Gasteiger charge is -2.39. The van der Waals surface area contributed by atoms with Gasteiger partial charge in [-0.15, -0.1) is 0 Å². The second kappa shape index (κ2) is 6.07. The van der Waals surface area contributed by atoms with Crippen LogP contribution in [0.3, 0.4) is 0 Å². The molecule has 3 heteroatoms. The summed E-state index contributed by atoms with van der Waals surface area (Å²) in [5.74, 6) is 2.72. The van der Waals surface area contributed by atoms with E-state index >= 15 is 0 Å². The van der Waals surface area contributed by atoms with Crippen molar-refractivity contribution in [2.24, 2.45) is 23.2 Å². The van der Waals surface area contributed by atoms with Crippen LogP contribution < -0.4 is 4.90 Å². The average Bonchev–Trinajstić information content (AvgIpc) is 3.19. The Balaban J connectivity index is 1.28. The second-order valence-corrected chi connectivity index (χ2v) is 8.97. The summed E-state index contributed by atoms with van der Waals surface area (Å²) in [6.07, 6.45) is 10.2. The third-order valence-corrected chi connectivity index (χ3v) is 7.39. The molecule has 4 fully saturated rings. The minimum absolute atomic E-state index is 0.0813. The van der Waals surface area contributed by atoms with E-state index < -0.39 is 0 Å². The molecule has 0 radical (unpaired) electrons. The van der Waals surface area contributed by atoms with Crippen molar-refractivity contribution < 1.29 is 14.4 Å². The predicted octanol–water partition coefficient (Wildman–Crippen LogP) is 2.26. The van der Waals surface area contributed by atoms with Crippen LogP contribution in [-0.4, -0.2) is 38.6 Å². The molecule has 2 saturated carbocycles. The molecule has 126 valence electrons. The Kier molecular flexibility index (Phi) is 4.25. The zero-order valence-electron chi connectivity index (χ0n) is 14.5. The van der Waals surface area contributed by atoms with Crippen molar-refractivity contribution in [3.63, 3.8) is 0 Å². The maximum absolute atomic E-state index is 6.28. The van der Waals surface area contributed by atoms with Gasteiger partial charge in [-0.25, -0.2) is 0 Å². The van der Waals surface area contributed by atoms with Crippen molar-refractivity contribution in [1.29, 1.82) is 0 Å². The van der Waals surface area contributed by atoms with Crippen LogP contribution in [0, 0.1) is 23.2 Å².